The molecule has 0 aliphatic rings. The molecule has 7 nitrogen and oxygen atoms in total. The highest BCUT2D eigenvalue weighted by Gasteiger charge is 2.20. The largest absolute Gasteiger partial charge is 0.352 e. The first kappa shape index (κ1) is 19.8. The molecule has 28 heavy (non-hydrogen) atoms. The number of nitrogens with one attached hydrogen (secondary N) is 2. The zero-order valence-corrected chi connectivity index (χ0v) is 16.6. The van der Waals surface area contributed by atoms with Crippen LogP contribution in [0.1, 0.15) is 12.2 Å². The Bertz CT molecular complexity index is 987. The van der Waals surface area contributed by atoms with Crippen molar-refractivity contribution < 1.29 is 9.59 Å². The molecule has 0 radical (unpaired) electrons. The van der Waals surface area contributed by atoms with E-state index in [1.807, 2.05) is 61.7 Å². The molecule has 146 valence electrons. The molecule has 0 spiro atoms. The number of anilines is 1. The summed E-state index contributed by atoms with van der Waals surface area (Å²) in [5.41, 5.74) is 8.58. The van der Waals surface area contributed by atoms with Gasteiger partial charge in [-0.25, -0.2) is 9.78 Å². The van der Waals surface area contributed by atoms with Crippen LogP contribution in [0.5, 0.6) is 0 Å². The zero-order chi connectivity index (χ0) is 20.1. The average Bonchev–Trinajstić information content (AvgIpc) is 3.00. The fourth-order valence-electron chi connectivity index (χ4n) is 3.09. The fourth-order valence-corrected chi connectivity index (χ4v) is 3.56. The van der Waals surface area contributed by atoms with E-state index < -0.39 is 12.1 Å². The summed E-state index contributed by atoms with van der Waals surface area (Å²) < 4.78 is 2.07. The molecule has 0 aliphatic heterocycles. The highest BCUT2D eigenvalue weighted by molar-refractivity contribution is 7.98. The van der Waals surface area contributed by atoms with Gasteiger partial charge in [-0.2, -0.15) is 11.8 Å². The van der Waals surface area contributed by atoms with E-state index in [0.29, 0.717) is 12.1 Å². The van der Waals surface area contributed by atoms with Crippen molar-refractivity contribution in [1.82, 2.24) is 14.9 Å². The minimum absolute atomic E-state index is 0.300. The van der Waals surface area contributed by atoms with E-state index in [0.717, 1.165) is 28.3 Å². The molecule has 3 aromatic rings. The number of primary amides is 1. The Balaban J connectivity index is 1.84. The average molecular weight is 398 g/mol. The van der Waals surface area contributed by atoms with E-state index >= 15 is 0 Å². The van der Waals surface area contributed by atoms with E-state index in [9.17, 15) is 9.59 Å². The number of hydrogen-bond donors (Lipinski definition) is 3. The summed E-state index contributed by atoms with van der Waals surface area (Å²) in [7, 11) is 0. The normalized spacial score (nSPS) is 11.9. The lowest BCUT2D eigenvalue weighted by Gasteiger charge is -2.17. The van der Waals surface area contributed by atoms with E-state index in [2.05, 4.69) is 20.2 Å². The Kier molecular flexibility index (Phi) is 6.20. The van der Waals surface area contributed by atoms with Crippen molar-refractivity contribution in [2.24, 2.45) is 5.73 Å². The number of benzene rings is 2. The molecule has 4 N–H and O–H groups in total. The van der Waals surface area contributed by atoms with Crippen LogP contribution in [0.4, 0.5) is 10.5 Å². The maximum atomic E-state index is 12.6. The lowest BCUT2D eigenvalue weighted by atomic mass is 10.2. The number of thioether (sulfide) groups is 1. The fraction of sp³-hybridized carbons (Fsp3) is 0.250. The SMILES string of the molecule is CSCC[C@@H](NC(N)=O)C(=O)Nc1ccc2c(c1)nc(C)n2-c1ccccc1. The van der Waals surface area contributed by atoms with Crippen molar-refractivity contribution >= 4 is 40.4 Å². The summed E-state index contributed by atoms with van der Waals surface area (Å²) >= 11 is 1.60. The molecule has 0 bridgehead atoms. The van der Waals surface area contributed by atoms with Gasteiger partial charge in [-0.05, 0) is 55.7 Å². The molecule has 0 unspecified atom stereocenters. The van der Waals surface area contributed by atoms with Gasteiger partial charge in [0.05, 0.1) is 11.0 Å². The topological polar surface area (TPSA) is 102 Å². The molecular weight excluding hydrogens is 374 g/mol. The van der Waals surface area contributed by atoms with Gasteiger partial charge in [0, 0.05) is 11.4 Å². The number of carbonyl (C=O) groups excluding carboxylic acids is 2. The third-order valence-corrected chi connectivity index (χ3v) is 4.99. The molecule has 0 saturated heterocycles. The monoisotopic (exact) mass is 397 g/mol. The summed E-state index contributed by atoms with van der Waals surface area (Å²) in [5.74, 6) is 1.29. The maximum absolute atomic E-state index is 12.6. The van der Waals surface area contributed by atoms with Gasteiger partial charge in [0.15, 0.2) is 0 Å². The number of amides is 3. The number of fused-ring (bicyclic) bond motifs is 1. The molecule has 0 aliphatic carbocycles. The van der Waals surface area contributed by atoms with Gasteiger partial charge in [0.1, 0.15) is 11.9 Å². The lowest BCUT2D eigenvalue weighted by Crippen LogP contribution is -2.46. The van der Waals surface area contributed by atoms with Crippen LogP contribution in [-0.4, -0.2) is 39.5 Å². The minimum Gasteiger partial charge on any atom is -0.352 e. The zero-order valence-electron chi connectivity index (χ0n) is 15.8. The molecule has 3 amide bonds. The molecule has 3 rings (SSSR count). The van der Waals surface area contributed by atoms with Crippen LogP contribution in [0.15, 0.2) is 48.5 Å². The molecule has 0 saturated carbocycles. The summed E-state index contributed by atoms with van der Waals surface area (Å²) in [6.45, 7) is 1.94. The van der Waals surface area contributed by atoms with Crippen molar-refractivity contribution in [2.75, 3.05) is 17.3 Å². The summed E-state index contributed by atoms with van der Waals surface area (Å²) in [5, 5.41) is 5.35. The van der Waals surface area contributed by atoms with Gasteiger partial charge in [-0.3, -0.25) is 9.36 Å². The van der Waals surface area contributed by atoms with E-state index in [4.69, 9.17) is 5.73 Å². The van der Waals surface area contributed by atoms with Crippen LogP contribution in [0.25, 0.3) is 16.7 Å². The lowest BCUT2D eigenvalue weighted by molar-refractivity contribution is -0.117. The molecule has 8 heteroatoms. The maximum Gasteiger partial charge on any atom is 0.312 e. The number of rotatable bonds is 7. The molecule has 1 heterocycles. The molecule has 1 atom stereocenters. The Morgan fingerprint density at radius 2 is 1.96 bits per heavy atom. The smallest absolute Gasteiger partial charge is 0.312 e. The number of nitrogens with zero attached hydrogens (tertiary/aromatic N) is 2. The summed E-state index contributed by atoms with van der Waals surface area (Å²) in [6.07, 6.45) is 2.44. The van der Waals surface area contributed by atoms with Gasteiger partial charge < -0.3 is 16.4 Å². The second-order valence-corrected chi connectivity index (χ2v) is 7.35. The minimum atomic E-state index is -0.714. The second kappa shape index (κ2) is 8.79. The Labute approximate surface area is 167 Å². The summed E-state index contributed by atoms with van der Waals surface area (Å²) in [6, 6.07) is 14.2. The Morgan fingerprint density at radius 1 is 1.21 bits per heavy atom. The first-order valence-electron chi connectivity index (χ1n) is 8.90. The van der Waals surface area contributed by atoms with Crippen LogP contribution in [0, 0.1) is 6.92 Å². The number of aromatic nitrogens is 2. The predicted molar refractivity (Wildman–Crippen MR) is 114 cm³/mol. The van der Waals surface area contributed by atoms with Crippen LogP contribution < -0.4 is 16.4 Å². The number of aryl methyl sites for hydroxylation is 1. The van der Waals surface area contributed by atoms with Crippen molar-refractivity contribution in [3.8, 4) is 5.69 Å². The summed E-state index contributed by atoms with van der Waals surface area (Å²) in [4.78, 5) is 28.4. The van der Waals surface area contributed by atoms with Crippen LogP contribution >= 0.6 is 11.8 Å². The van der Waals surface area contributed by atoms with Gasteiger partial charge in [-0.1, -0.05) is 18.2 Å². The van der Waals surface area contributed by atoms with Crippen molar-refractivity contribution in [3.05, 3.63) is 54.4 Å². The third-order valence-electron chi connectivity index (χ3n) is 4.35. The second-order valence-electron chi connectivity index (χ2n) is 6.37. The van der Waals surface area contributed by atoms with Gasteiger partial charge in [0.2, 0.25) is 5.91 Å². The standard InChI is InChI=1S/C20H23N5O2S/c1-13-22-17-12-14(23-19(26)16(10-11-28-2)24-20(21)27)8-9-18(17)25(13)15-6-4-3-5-7-15/h3-9,12,16H,10-11H2,1-2H3,(H,23,26)(H3,21,24,27)/t16-/m1/s1. The Morgan fingerprint density at radius 3 is 2.64 bits per heavy atom. The van der Waals surface area contributed by atoms with Crippen molar-refractivity contribution in [1.29, 1.82) is 0 Å². The highest BCUT2D eigenvalue weighted by atomic mass is 32.2. The number of imidazole rings is 1. The van der Waals surface area contributed by atoms with E-state index in [1.54, 1.807) is 11.8 Å². The van der Waals surface area contributed by atoms with Crippen molar-refractivity contribution in [2.45, 2.75) is 19.4 Å². The van der Waals surface area contributed by atoms with E-state index in [1.165, 1.54) is 0 Å². The molecule has 2 aromatic carbocycles. The van der Waals surface area contributed by atoms with Gasteiger partial charge in [-0.15, -0.1) is 0 Å². The predicted octanol–water partition coefficient (Wildman–Crippen LogP) is 3.06. The van der Waals surface area contributed by atoms with Crippen LogP contribution in [0.2, 0.25) is 0 Å². The number of para-hydroxylation sites is 1. The first-order chi connectivity index (χ1) is 13.5. The molecule has 1 aromatic heterocycles. The van der Waals surface area contributed by atoms with E-state index in [-0.39, 0.29) is 5.91 Å². The van der Waals surface area contributed by atoms with Crippen LogP contribution in [0.3, 0.4) is 0 Å². The quantitative estimate of drug-likeness (QED) is 0.570. The molecular formula is C20H23N5O2S. The third kappa shape index (κ3) is 4.45. The first-order valence-corrected chi connectivity index (χ1v) is 10.3. The number of hydrogen-bond acceptors (Lipinski definition) is 4. The van der Waals surface area contributed by atoms with Crippen LogP contribution in [-0.2, 0) is 4.79 Å². The number of carbonyl (C=O) groups is 2. The van der Waals surface area contributed by atoms with Gasteiger partial charge in [0.25, 0.3) is 0 Å². The van der Waals surface area contributed by atoms with Gasteiger partial charge >= 0.3 is 6.03 Å². The highest BCUT2D eigenvalue weighted by Crippen LogP contribution is 2.24. The molecule has 0 fully saturated rings. The van der Waals surface area contributed by atoms with Crippen molar-refractivity contribution in [3.63, 3.8) is 0 Å². The number of urea groups is 1. The Hall–Kier alpha value is -3.00. The number of nitrogens with two attached hydrogens (primary N) is 1.